The molecule has 1 aliphatic heterocycles. The minimum atomic E-state index is -4.15. The predicted molar refractivity (Wildman–Crippen MR) is 178 cm³/mol. The van der Waals surface area contributed by atoms with E-state index in [1.54, 1.807) is 27.7 Å². The highest BCUT2D eigenvalue weighted by Gasteiger charge is 2.28. The van der Waals surface area contributed by atoms with Crippen LogP contribution in [0.3, 0.4) is 0 Å². The number of aryl methyl sites for hydroxylation is 1. The molecule has 1 fully saturated rings. The van der Waals surface area contributed by atoms with Crippen LogP contribution in [-0.2, 0) is 26.9 Å². The van der Waals surface area contributed by atoms with Crippen molar-refractivity contribution in [2.75, 3.05) is 23.1 Å². The molecule has 6 rings (SSSR count). The van der Waals surface area contributed by atoms with Gasteiger partial charge >= 0.3 is 6.09 Å². The summed E-state index contributed by atoms with van der Waals surface area (Å²) in [7, 11) is -4.15. The first kappa shape index (κ1) is 33.0. The van der Waals surface area contributed by atoms with E-state index in [0.29, 0.717) is 36.7 Å². The molecular formula is C33H36F2N8O4S. The lowest BCUT2D eigenvalue weighted by Crippen LogP contribution is -2.47. The number of halogens is 2. The summed E-state index contributed by atoms with van der Waals surface area (Å²) in [5, 5.41) is 8.55. The van der Waals surface area contributed by atoms with Crippen molar-refractivity contribution in [1.29, 1.82) is 0 Å². The summed E-state index contributed by atoms with van der Waals surface area (Å²) in [5.41, 5.74) is 2.74. The third-order valence-electron chi connectivity index (χ3n) is 7.93. The van der Waals surface area contributed by atoms with Gasteiger partial charge in [-0.1, -0.05) is 19.1 Å². The molecule has 1 amide bonds. The summed E-state index contributed by atoms with van der Waals surface area (Å²) in [6, 6.07) is 10.8. The van der Waals surface area contributed by atoms with Crippen LogP contribution in [0, 0.1) is 11.6 Å². The van der Waals surface area contributed by atoms with E-state index in [4.69, 9.17) is 9.72 Å². The number of ether oxygens (including phenoxy) is 1. The fraction of sp³-hybridized carbons (Fsp3) is 0.364. The molecule has 1 atom stereocenters. The molecule has 0 saturated carbocycles. The number of benzene rings is 2. The largest absolute Gasteiger partial charge is 0.444 e. The number of carbonyl (C=O) groups excluding carboxylic acids is 1. The molecule has 0 unspecified atom stereocenters. The predicted octanol–water partition coefficient (Wildman–Crippen LogP) is 5.93. The van der Waals surface area contributed by atoms with Gasteiger partial charge in [0.05, 0.1) is 17.0 Å². The zero-order valence-electron chi connectivity index (χ0n) is 27.0. The van der Waals surface area contributed by atoms with Gasteiger partial charge in [-0.15, -0.1) is 0 Å². The quantitative estimate of drug-likeness (QED) is 0.204. The summed E-state index contributed by atoms with van der Waals surface area (Å²) in [4.78, 5) is 27.9. The average Bonchev–Trinajstić information content (AvgIpc) is 3.47. The van der Waals surface area contributed by atoms with Crippen LogP contribution in [0.5, 0.6) is 0 Å². The third-order valence-corrected chi connectivity index (χ3v) is 9.12. The molecule has 0 radical (unpaired) electrons. The van der Waals surface area contributed by atoms with Gasteiger partial charge in [0, 0.05) is 41.8 Å². The van der Waals surface area contributed by atoms with Crippen molar-refractivity contribution >= 4 is 44.3 Å². The van der Waals surface area contributed by atoms with Gasteiger partial charge in [0.25, 0.3) is 0 Å². The lowest BCUT2D eigenvalue weighted by Gasteiger charge is -2.34. The number of rotatable bonds is 8. The Morgan fingerprint density at radius 2 is 1.92 bits per heavy atom. The Morgan fingerprint density at radius 3 is 2.69 bits per heavy atom. The monoisotopic (exact) mass is 678 g/mol. The van der Waals surface area contributed by atoms with Crippen LogP contribution in [0.25, 0.3) is 27.7 Å². The summed E-state index contributed by atoms with van der Waals surface area (Å²) in [6.07, 6.45) is 5.01. The second-order valence-electron chi connectivity index (χ2n) is 12.7. The Labute approximate surface area is 276 Å². The van der Waals surface area contributed by atoms with Gasteiger partial charge in [0.15, 0.2) is 17.5 Å². The number of hydrogen-bond donors (Lipinski definition) is 2. The number of nitrogens with one attached hydrogen (secondary N) is 2. The highest BCUT2D eigenvalue weighted by molar-refractivity contribution is 7.91. The number of likely N-dealkylation sites (tertiary alicyclic amines) is 1. The van der Waals surface area contributed by atoms with Crippen LogP contribution in [0.15, 0.2) is 55.0 Å². The Hall–Kier alpha value is -4.92. The number of fused-ring (bicyclic) bond motifs is 2. The molecule has 5 aromatic rings. The second kappa shape index (κ2) is 12.9. The zero-order chi connectivity index (χ0) is 34.2. The van der Waals surface area contributed by atoms with E-state index in [0.717, 1.165) is 40.9 Å². The van der Waals surface area contributed by atoms with Gasteiger partial charge in [-0.3, -0.25) is 4.72 Å². The smallest absolute Gasteiger partial charge is 0.410 e. The van der Waals surface area contributed by atoms with Crippen LogP contribution < -0.4 is 10.0 Å². The van der Waals surface area contributed by atoms with Gasteiger partial charge in [-0.2, -0.15) is 5.10 Å². The normalized spacial score (nSPS) is 15.5. The van der Waals surface area contributed by atoms with Crippen molar-refractivity contribution < 1.29 is 26.7 Å². The lowest BCUT2D eigenvalue weighted by atomic mass is 10.0. The molecule has 1 aliphatic rings. The van der Waals surface area contributed by atoms with E-state index in [9.17, 15) is 22.0 Å². The summed E-state index contributed by atoms with van der Waals surface area (Å²) in [5.74, 6) is -2.65. The molecule has 0 bridgehead atoms. The lowest BCUT2D eigenvalue weighted by molar-refractivity contribution is 0.0206. The summed E-state index contributed by atoms with van der Waals surface area (Å²) in [6.45, 7) is 8.69. The standard InChI is InChI=1S/C33H36F2N8O4S/c1-5-20-14-22(15-23-16-36-31(40-29(20)23)39-24-9-7-13-42(17-24)32(44)47-33(2,3)4)26-11-12-27-30(37-19-38-43(26)27)41-48(45,46)18-21-8-6-10-25(34)28(21)35/h6,8,10-12,14-16,19,24H,5,7,9,13,17-18H2,1-4H3,(H,36,39,40)(H,37,38,41)/t24-/m0/s1. The van der Waals surface area contributed by atoms with Gasteiger partial charge in [0.2, 0.25) is 16.0 Å². The van der Waals surface area contributed by atoms with Crippen LogP contribution in [0.1, 0.15) is 51.7 Å². The Bertz CT molecular complexity index is 2120. The highest BCUT2D eigenvalue weighted by atomic mass is 32.2. The molecular weight excluding hydrogens is 642 g/mol. The SMILES string of the molecule is CCc1cc(-c2ccc3c(NS(=O)(=O)Cc4cccc(F)c4F)ncnn23)cc2cnc(N[C@H]3CCCN(C(=O)OC(C)(C)C)C3)nc12. The number of anilines is 2. The van der Waals surface area contributed by atoms with E-state index in [1.807, 2.05) is 39.8 Å². The number of piperidine rings is 1. The zero-order valence-corrected chi connectivity index (χ0v) is 27.8. The minimum absolute atomic E-state index is 0.00318. The van der Waals surface area contributed by atoms with E-state index in [1.165, 1.54) is 18.5 Å². The molecule has 48 heavy (non-hydrogen) atoms. The topological polar surface area (TPSA) is 144 Å². The second-order valence-corrected chi connectivity index (χ2v) is 14.5. The number of sulfonamides is 1. The van der Waals surface area contributed by atoms with E-state index in [2.05, 4.69) is 25.1 Å². The van der Waals surface area contributed by atoms with Gasteiger partial charge in [-0.05, 0) is 75.9 Å². The van der Waals surface area contributed by atoms with Crippen molar-refractivity contribution in [3.05, 3.63) is 77.8 Å². The van der Waals surface area contributed by atoms with Crippen LogP contribution >= 0.6 is 0 Å². The Kier molecular flexibility index (Phi) is 8.90. The highest BCUT2D eigenvalue weighted by Crippen LogP contribution is 2.31. The molecule has 2 aromatic carbocycles. The first-order valence-corrected chi connectivity index (χ1v) is 17.3. The maximum atomic E-state index is 14.2. The van der Waals surface area contributed by atoms with E-state index in [-0.39, 0.29) is 23.5 Å². The average molecular weight is 679 g/mol. The van der Waals surface area contributed by atoms with Crippen molar-refractivity contribution in [2.45, 2.75) is 64.4 Å². The number of amides is 1. The van der Waals surface area contributed by atoms with Crippen LogP contribution in [0.2, 0.25) is 0 Å². The molecule has 2 N–H and O–H groups in total. The number of carbonyl (C=O) groups is 1. The van der Waals surface area contributed by atoms with Gasteiger partial charge in [-0.25, -0.2) is 41.5 Å². The number of nitrogens with zero attached hydrogens (tertiary/aromatic N) is 6. The van der Waals surface area contributed by atoms with Crippen LogP contribution in [-0.4, -0.2) is 68.7 Å². The van der Waals surface area contributed by atoms with Crippen molar-refractivity contribution in [3.8, 4) is 11.3 Å². The van der Waals surface area contributed by atoms with E-state index >= 15 is 0 Å². The summed E-state index contributed by atoms with van der Waals surface area (Å²) < 4.78 is 63.2. The van der Waals surface area contributed by atoms with Gasteiger partial charge < -0.3 is 15.0 Å². The molecule has 15 heteroatoms. The maximum Gasteiger partial charge on any atom is 0.410 e. The Morgan fingerprint density at radius 1 is 1.10 bits per heavy atom. The summed E-state index contributed by atoms with van der Waals surface area (Å²) >= 11 is 0. The minimum Gasteiger partial charge on any atom is -0.444 e. The number of aromatic nitrogens is 5. The van der Waals surface area contributed by atoms with Crippen molar-refractivity contribution in [1.82, 2.24) is 29.5 Å². The fourth-order valence-electron chi connectivity index (χ4n) is 5.76. The van der Waals surface area contributed by atoms with E-state index < -0.39 is 33.0 Å². The van der Waals surface area contributed by atoms with Crippen molar-refractivity contribution in [2.24, 2.45) is 0 Å². The maximum absolute atomic E-state index is 14.2. The molecule has 252 valence electrons. The fourth-order valence-corrected chi connectivity index (χ4v) is 6.91. The van der Waals surface area contributed by atoms with Gasteiger partial charge in [0.1, 0.15) is 17.4 Å². The van der Waals surface area contributed by atoms with Crippen molar-refractivity contribution in [3.63, 3.8) is 0 Å². The van der Waals surface area contributed by atoms with Crippen LogP contribution in [0.4, 0.5) is 25.3 Å². The molecule has 12 nitrogen and oxygen atoms in total. The first-order valence-electron chi connectivity index (χ1n) is 15.6. The molecule has 0 spiro atoms. The Balaban J connectivity index is 1.24. The molecule has 1 saturated heterocycles. The molecule has 0 aliphatic carbocycles. The third kappa shape index (κ3) is 7.15. The first-order chi connectivity index (χ1) is 22.8. The molecule has 3 aromatic heterocycles. The number of hydrogen-bond acceptors (Lipinski definition) is 9. The molecule has 4 heterocycles.